The van der Waals surface area contributed by atoms with Crippen molar-refractivity contribution in [1.82, 2.24) is 4.57 Å². The number of rotatable bonds is 1. The molecule has 72 valence electrons. The Hall–Kier alpha value is -1.90. The molecule has 0 amide bonds. The highest BCUT2D eigenvalue weighted by molar-refractivity contribution is 5.85. The number of nitrogens with zero attached hydrogens (tertiary/aromatic N) is 1. The Morgan fingerprint density at radius 1 is 1.14 bits per heavy atom. The van der Waals surface area contributed by atoms with E-state index in [2.05, 4.69) is 0 Å². The van der Waals surface area contributed by atoms with Crippen molar-refractivity contribution in [3.05, 3.63) is 36.5 Å². The molecule has 0 bridgehead atoms. The predicted molar refractivity (Wildman–Crippen MR) is 55.8 cm³/mol. The molecule has 0 aliphatic rings. The largest absolute Gasteiger partial charge is 0.304 e. The lowest BCUT2D eigenvalue weighted by molar-refractivity contribution is -0.106. The van der Waals surface area contributed by atoms with Crippen molar-refractivity contribution >= 4 is 23.6 Å². The van der Waals surface area contributed by atoms with Gasteiger partial charge in [-0.05, 0) is 19.1 Å². The second-order valence-electron chi connectivity index (χ2n) is 2.62. The zero-order valence-electron chi connectivity index (χ0n) is 7.88. The number of aldehydes is 1. The van der Waals surface area contributed by atoms with Gasteiger partial charge in [0.2, 0.25) is 6.41 Å². The second kappa shape index (κ2) is 4.97. The highest BCUT2D eigenvalue weighted by atomic mass is 16.1. The van der Waals surface area contributed by atoms with E-state index in [0.717, 1.165) is 23.6 Å². The van der Waals surface area contributed by atoms with Crippen LogP contribution in [0.1, 0.15) is 6.92 Å². The van der Waals surface area contributed by atoms with Crippen LogP contribution in [0.25, 0.3) is 10.9 Å². The van der Waals surface area contributed by atoms with Crippen LogP contribution < -0.4 is 0 Å². The monoisotopic (exact) mass is 189 g/mol. The molecule has 0 atom stereocenters. The van der Waals surface area contributed by atoms with Gasteiger partial charge in [0, 0.05) is 11.6 Å². The first-order valence-corrected chi connectivity index (χ1v) is 4.24. The Balaban J connectivity index is 0.000000293. The summed E-state index contributed by atoms with van der Waals surface area (Å²) in [5.74, 6) is 0. The molecule has 0 radical (unpaired) electrons. The van der Waals surface area contributed by atoms with Gasteiger partial charge in [-0.25, -0.2) is 0 Å². The fourth-order valence-corrected chi connectivity index (χ4v) is 1.20. The predicted octanol–water partition coefficient (Wildman–Crippen LogP) is 1.88. The van der Waals surface area contributed by atoms with Gasteiger partial charge >= 0.3 is 0 Å². The molecular formula is C11H11NO2. The summed E-state index contributed by atoms with van der Waals surface area (Å²) in [6.45, 7) is 1.44. The molecule has 2 aromatic rings. The van der Waals surface area contributed by atoms with Crippen LogP contribution in [0.3, 0.4) is 0 Å². The molecule has 1 aromatic heterocycles. The first kappa shape index (κ1) is 10.2. The van der Waals surface area contributed by atoms with Crippen LogP contribution in [0.4, 0.5) is 0 Å². The molecule has 0 spiro atoms. The molecule has 0 saturated carbocycles. The number of carbonyl (C=O) groups is 2. The zero-order valence-corrected chi connectivity index (χ0v) is 7.88. The number of fused-ring (bicyclic) bond motifs is 1. The first-order chi connectivity index (χ1) is 6.83. The summed E-state index contributed by atoms with van der Waals surface area (Å²) in [5, 5.41) is 1.10. The molecule has 1 heterocycles. The lowest BCUT2D eigenvalue weighted by Crippen LogP contribution is -1.89. The van der Waals surface area contributed by atoms with Crippen molar-refractivity contribution in [3.8, 4) is 0 Å². The van der Waals surface area contributed by atoms with E-state index in [1.54, 1.807) is 10.8 Å². The van der Waals surface area contributed by atoms with Gasteiger partial charge in [0.1, 0.15) is 6.29 Å². The summed E-state index contributed by atoms with van der Waals surface area (Å²) in [4.78, 5) is 19.3. The minimum atomic E-state index is 0.750. The molecule has 0 fully saturated rings. The summed E-state index contributed by atoms with van der Waals surface area (Å²) in [6, 6.07) is 9.70. The molecule has 0 aliphatic carbocycles. The second-order valence-corrected chi connectivity index (χ2v) is 2.62. The van der Waals surface area contributed by atoms with E-state index >= 15 is 0 Å². The zero-order chi connectivity index (χ0) is 10.4. The van der Waals surface area contributed by atoms with Gasteiger partial charge in [0.15, 0.2) is 0 Å². The van der Waals surface area contributed by atoms with Crippen LogP contribution in [0.5, 0.6) is 0 Å². The van der Waals surface area contributed by atoms with E-state index in [9.17, 15) is 4.79 Å². The van der Waals surface area contributed by atoms with E-state index in [4.69, 9.17) is 4.79 Å². The van der Waals surface area contributed by atoms with Crippen LogP contribution >= 0.6 is 0 Å². The molecule has 2 rings (SSSR count). The molecule has 1 aromatic carbocycles. The molecule has 3 nitrogen and oxygen atoms in total. The minimum Gasteiger partial charge on any atom is -0.304 e. The Labute approximate surface area is 82.0 Å². The van der Waals surface area contributed by atoms with Crippen molar-refractivity contribution in [2.24, 2.45) is 0 Å². The van der Waals surface area contributed by atoms with Crippen molar-refractivity contribution in [3.63, 3.8) is 0 Å². The van der Waals surface area contributed by atoms with Crippen molar-refractivity contribution < 1.29 is 9.59 Å². The fourth-order valence-electron chi connectivity index (χ4n) is 1.20. The number of hydrogen-bond acceptors (Lipinski definition) is 2. The van der Waals surface area contributed by atoms with Crippen LogP contribution in [-0.2, 0) is 9.59 Å². The van der Waals surface area contributed by atoms with Gasteiger partial charge in [-0.1, -0.05) is 18.2 Å². The number of carbonyl (C=O) groups excluding carboxylic acids is 2. The molecule has 3 heteroatoms. The fraction of sp³-hybridized carbons (Fsp3) is 0.0909. The molecular weight excluding hydrogens is 178 g/mol. The van der Waals surface area contributed by atoms with Gasteiger partial charge < -0.3 is 4.79 Å². The average molecular weight is 189 g/mol. The normalized spacial score (nSPS) is 8.93. The standard InChI is InChI=1S/C9H7NO.C2H4O/c11-7-10-6-5-8-3-1-2-4-9(8)10;1-2-3/h1-7H;2H,1H3. The summed E-state index contributed by atoms with van der Waals surface area (Å²) >= 11 is 0. The van der Waals surface area contributed by atoms with E-state index in [1.807, 2.05) is 30.3 Å². The number of hydrogen-bond donors (Lipinski definition) is 0. The van der Waals surface area contributed by atoms with Crippen LogP contribution in [-0.4, -0.2) is 17.3 Å². The number of aromatic nitrogens is 1. The molecule has 0 aliphatic heterocycles. The Bertz CT molecular complexity index is 432. The first-order valence-electron chi connectivity index (χ1n) is 4.24. The maximum atomic E-state index is 10.4. The highest BCUT2D eigenvalue weighted by Crippen LogP contribution is 2.12. The maximum Gasteiger partial charge on any atom is 0.218 e. The Morgan fingerprint density at radius 3 is 2.43 bits per heavy atom. The van der Waals surface area contributed by atoms with E-state index < -0.39 is 0 Å². The maximum absolute atomic E-state index is 10.4. The third-order valence-electron chi connectivity index (χ3n) is 1.74. The van der Waals surface area contributed by atoms with Crippen LogP contribution in [0.15, 0.2) is 36.5 Å². The lowest BCUT2D eigenvalue weighted by atomic mass is 10.2. The summed E-state index contributed by atoms with van der Waals surface area (Å²) in [5.41, 5.74) is 0.961. The number of benzene rings is 1. The van der Waals surface area contributed by atoms with Crippen LogP contribution in [0.2, 0.25) is 0 Å². The average Bonchev–Trinajstić information content (AvgIpc) is 2.62. The third kappa shape index (κ3) is 2.07. The molecule has 0 unspecified atom stereocenters. The van der Waals surface area contributed by atoms with Gasteiger partial charge in [0.25, 0.3) is 0 Å². The summed E-state index contributed by atoms with van der Waals surface area (Å²) < 4.78 is 1.56. The quantitative estimate of drug-likeness (QED) is 0.642. The van der Waals surface area contributed by atoms with E-state index in [-0.39, 0.29) is 0 Å². The van der Waals surface area contributed by atoms with Gasteiger partial charge in [0.05, 0.1) is 5.52 Å². The third-order valence-corrected chi connectivity index (χ3v) is 1.74. The Morgan fingerprint density at radius 2 is 1.79 bits per heavy atom. The van der Waals surface area contributed by atoms with Crippen molar-refractivity contribution in [2.45, 2.75) is 6.92 Å². The molecule has 14 heavy (non-hydrogen) atoms. The summed E-state index contributed by atoms with van der Waals surface area (Å²) in [6.07, 6.45) is 3.32. The van der Waals surface area contributed by atoms with Gasteiger partial charge in [-0.15, -0.1) is 0 Å². The minimum absolute atomic E-state index is 0.750. The SMILES string of the molecule is CC=O.O=Cn1ccc2ccccc21. The topological polar surface area (TPSA) is 39.1 Å². The van der Waals surface area contributed by atoms with Crippen molar-refractivity contribution in [2.75, 3.05) is 0 Å². The molecule has 0 saturated heterocycles. The smallest absolute Gasteiger partial charge is 0.218 e. The van der Waals surface area contributed by atoms with Gasteiger partial charge in [-0.2, -0.15) is 0 Å². The van der Waals surface area contributed by atoms with Crippen molar-refractivity contribution in [1.29, 1.82) is 0 Å². The lowest BCUT2D eigenvalue weighted by Gasteiger charge is -1.91. The highest BCUT2D eigenvalue weighted by Gasteiger charge is 1.95. The number of para-hydroxylation sites is 1. The summed E-state index contributed by atoms with van der Waals surface area (Å²) in [7, 11) is 0. The van der Waals surface area contributed by atoms with E-state index in [0.29, 0.717) is 0 Å². The molecule has 0 N–H and O–H groups in total. The van der Waals surface area contributed by atoms with E-state index in [1.165, 1.54) is 6.92 Å². The Kier molecular flexibility index (Phi) is 3.61. The van der Waals surface area contributed by atoms with Crippen LogP contribution in [0, 0.1) is 0 Å². The van der Waals surface area contributed by atoms with Gasteiger partial charge in [-0.3, -0.25) is 9.36 Å².